The molecule has 1 saturated heterocycles. The summed E-state index contributed by atoms with van der Waals surface area (Å²) in [6.45, 7) is 2.02. The van der Waals surface area contributed by atoms with Crippen LogP contribution in [0.3, 0.4) is 0 Å². The third-order valence-corrected chi connectivity index (χ3v) is 6.79. The topological polar surface area (TPSA) is 85.0 Å². The van der Waals surface area contributed by atoms with E-state index in [-0.39, 0.29) is 28.8 Å². The Morgan fingerprint density at radius 1 is 1.19 bits per heavy atom. The molecule has 1 heterocycles. The fraction of sp³-hybridized carbons (Fsp3) is 0.294. The summed E-state index contributed by atoms with van der Waals surface area (Å²) in [4.78, 5) is 11.2. The zero-order chi connectivity index (χ0) is 19.6. The summed E-state index contributed by atoms with van der Waals surface area (Å²) in [5, 5.41) is 10.9. The van der Waals surface area contributed by atoms with Gasteiger partial charge in [-0.1, -0.05) is 29.8 Å². The number of piperazine rings is 1. The number of sulfonamides is 1. The summed E-state index contributed by atoms with van der Waals surface area (Å²) >= 11 is 5.75. The summed E-state index contributed by atoms with van der Waals surface area (Å²) in [6, 6.07) is 9.99. The van der Waals surface area contributed by atoms with Gasteiger partial charge in [-0.2, -0.15) is 4.31 Å². The highest BCUT2D eigenvalue weighted by atomic mass is 35.5. The van der Waals surface area contributed by atoms with Crippen molar-refractivity contribution in [3.8, 4) is 0 Å². The molecule has 3 rings (SSSR count). The molecule has 0 radical (unpaired) electrons. The van der Waals surface area contributed by atoms with Crippen LogP contribution in [0.15, 0.2) is 47.4 Å². The number of benzene rings is 2. The molecule has 0 aromatic heterocycles. The van der Waals surface area contributed by atoms with Gasteiger partial charge in [0.05, 0.1) is 36.0 Å². The summed E-state index contributed by atoms with van der Waals surface area (Å²) in [5.41, 5.74) is 0.152. The van der Waals surface area contributed by atoms with Crippen molar-refractivity contribution in [2.75, 3.05) is 26.2 Å². The summed E-state index contributed by atoms with van der Waals surface area (Å²) in [6.07, 6.45) is 0. The van der Waals surface area contributed by atoms with Gasteiger partial charge in [0.1, 0.15) is 17.4 Å². The van der Waals surface area contributed by atoms with Gasteiger partial charge in [-0.3, -0.25) is 10.1 Å². The highest BCUT2D eigenvalue weighted by Crippen LogP contribution is 2.28. The monoisotopic (exact) mass is 414 g/mol. The number of nitrogens with zero attached hydrogens (tertiary/aromatic N) is 2. The van der Waals surface area contributed by atoms with Crippen molar-refractivity contribution in [3.05, 3.63) is 69.0 Å². The lowest BCUT2D eigenvalue weighted by Gasteiger charge is -2.31. The zero-order valence-electron chi connectivity index (χ0n) is 14.3. The number of hydrogen-bond acceptors (Lipinski definition) is 4. The molecular weight excluding hydrogens is 397 g/mol. The number of rotatable bonds is 5. The molecule has 1 fully saturated rings. The standard InChI is InChI=1S/C17H17ClFN3O4S/c18-15-6-5-14(11-17(15)22(23)24)27(25,26)21-9-7-20(8-10-21)12-13-3-1-2-4-16(13)19/h1-6,11H,7-10,12H2/p+1. The average Bonchev–Trinajstić information content (AvgIpc) is 2.64. The van der Waals surface area contributed by atoms with Gasteiger partial charge in [-0.25, -0.2) is 12.8 Å². The molecule has 144 valence electrons. The predicted molar refractivity (Wildman–Crippen MR) is 97.7 cm³/mol. The van der Waals surface area contributed by atoms with Crippen LogP contribution in [0.2, 0.25) is 5.02 Å². The second-order valence-corrected chi connectivity index (χ2v) is 8.64. The molecule has 1 aliphatic rings. The third-order valence-electron chi connectivity index (χ3n) is 4.58. The number of nitrogens with one attached hydrogen (secondary N) is 1. The first kappa shape index (κ1) is 19.7. The molecule has 1 aliphatic heterocycles. The van der Waals surface area contributed by atoms with Crippen LogP contribution in [0.1, 0.15) is 5.56 Å². The highest BCUT2D eigenvalue weighted by Gasteiger charge is 2.32. The summed E-state index contributed by atoms with van der Waals surface area (Å²) < 4.78 is 40.6. The molecule has 2 aromatic rings. The van der Waals surface area contributed by atoms with E-state index in [9.17, 15) is 22.9 Å². The Morgan fingerprint density at radius 2 is 1.85 bits per heavy atom. The van der Waals surface area contributed by atoms with Gasteiger partial charge in [0, 0.05) is 11.6 Å². The summed E-state index contributed by atoms with van der Waals surface area (Å²) in [5.74, 6) is -0.270. The number of quaternary nitrogens is 1. The number of halogens is 2. The molecule has 7 nitrogen and oxygen atoms in total. The third kappa shape index (κ3) is 4.27. The van der Waals surface area contributed by atoms with Gasteiger partial charge in [-0.15, -0.1) is 0 Å². The van der Waals surface area contributed by atoms with Crippen molar-refractivity contribution in [2.24, 2.45) is 0 Å². The first-order valence-corrected chi connectivity index (χ1v) is 10.1. The second-order valence-electron chi connectivity index (χ2n) is 6.29. The van der Waals surface area contributed by atoms with E-state index in [4.69, 9.17) is 11.6 Å². The summed E-state index contributed by atoms with van der Waals surface area (Å²) in [7, 11) is -3.86. The van der Waals surface area contributed by atoms with Crippen molar-refractivity contribution >= 4 is 27.3 Å². The first-order chi connectivity index (χ1) is 12.8. The van der Waals surface area contributed by atoms with Crippen molar-refractivity contribution in [1.82, 2.24) is 4.31 Å². The molecule has 0 bridgehead atoms. The second kappa shape index (κ2) is 7.89. The van der Waals surface area contributed by atoms with Crippen LogP contribution in [-0.2, 0) is 16.6 Å². The largest absolute Gasteiger partial charge is 0.329 e. The normalized spacial score (nSPS) is 16.4. The molecule has 0 amide bonds. The fourth-order valence-electron chi connectivity index (χ4n) is 3.07. The first-order valence-electron chi connectivity index (χ1n) is 8.30. The number of hydrogen-bond donors (Lipinski definition) is 1. The van der Waals surface area contributed by atoms with Crippen molar-refractivity contribution in [1.29, 1.82) is 0 Å². The van der Waals surface area contributed by atoms with Crippen LogP contribution in [0.4, 0.5) is 10.1 Å². The Bertz CT molecular complexity index is 962. The van der Waals surface area contributed by atoms with Gasteiger partial charge in [0.2, 0.25) is 10.0 Å². The lowest BCUT2D eigenvalue weighted by atomic mass is 10.2. The molecule has 27 heavy (non-hydrogen) atoms. The fourth-order valence-corrected chi connectivity index (χ4v) is 4.72. The van der Waals surface area contributed by atoms with Crippen molar-refractivity contribution in [3.63, 3.8) is 0 Å². The average molecular weight is 415 g/mol. The van der Waals surface area contributed by atoms with Crippen LogP contribution in [0.25, 0.3) is 0 Å². The Hall–Kier alpha value is -2.07. The molecule has 1 N–H and O–H groups in total. The van der Waals surface area contributed by atoms with Crippen LogP contribution in [0.5, 0.6) is 0 Å². The van der Waals surface area contributed by atoms with Crippen LogP contribution in [-0.4, -0.2) is 43.8 Å². The van der Waals surface area contributed by atoms with Gasteiger partial charge >= 0.3 is 0 Å². The highest BCUT2D eigenvalue weighted by molar-refractivity contribution is 7.89. The molecule has 0 unspecified atom stereocenters. The number of nitro benzene ring substituents is 1. The maximum atomic E-state index is 13.8. The Kier molecular flexibility index (Phi) is 5.75. The molecule has 0 spiro atoms. The van der Waals surface area contributed by atoms with Crippen molar-refractivity contribution in [2.45, 2.75) is 11.4 Å². The maximum Gasteiger partial charge on any atom is 0.289 e. The van der Waals surface area contributed by atoms with E-state index < -0.39 is 20.6 Å². The van der Waals surface area contributed by atoms with Crippen LogP contribution < -0.4 is 4.90 Å². The Balaban J connectivity index is 1.71. The SMILES string of the molecule is O=[N+]([O-])c1cc(S(=O)(=O)N2CC[NH+](Cc3ccccc3F)CC2)ccc1Cl. The minimum absolute atomic E-state index is 0.113. The molecule has 0 aliphatic carbocycles. The minimum atomic E-state index is -3.86. The van der Waals surface area contributed by atoms with Crippen LogP contribution in [0, 0.1) is 15.9 Å². The van der Waals surface area contributed by atoms with E-state index in [0.29, 0.717) is 25.2 Å². The van der Waals surface area contributed by atoms with Gasteiger partial charge in [0.15, 0.2) is 0 Å². The van der Waals surface area contributed by atoms with E-state index >= 15 is 0 Å². The minimum Gasteiger partial charge on any atom is -0.329 e. The predicted octanol–water partition coefficient (Wildman–Crippen LogP) is 1.48. The zero-order valence-corrected chi connectivity index (χ0v) is 15.8. The maximum absolute atomic E-state index is 13.8. The van der Waals surface area contributed by atoms with E-state index in [1.54, 1.807) is 18.2 Å². The van der Waals surface area contributed by atoms with E-state index in [1.807, 2.05) is 0 Å². The van der Waals surface area contributed by atoms with E-state index in [1.165, 1.54) is 22.5 Å². The molecule has 2 aromatic carbocycles. The van der Waals surface area contributed by atoms with Gasteiger partial charge in [-0.05, 0) is 18.2 Å². The van der Waals surface area contributed by atoms with Gasteiger partial charge < -0.3 is 4.90 Å². The Morgan fingerprint density at radius 3 is 2.48 bits per heavy atom. The van der Waals surface area contributed by atoms with Crippen molar-refractivity contribution < 1.29 is 22.6 Å². The van der Waals surface area contributed by atoms with E-state index in [2.05, 4.69) is 0 Å². The lowest BCUT2D eigenvalue weighted by Crippen LogP contribution is -3.13. The van der Waals surface area contributed by atoms with Crippen LogP contribution >= 0.6 is 11.6 Å². The molecule has 10 heteroatoms. The Labute approximate surface area is 161 Å². The molecule has 0 saturated carbocycles. The quantitative estimate of drug-likeness (QED) is 0.593. The molecular formula is C17H18ClFN3O4S+. The van der Waals surface area contributed by atoms with Gasteiger partial charge in [0.25, 0.3) is 5.69 Å². The molecule has 0 atom stereocenters. The lowest BCUT2D eigenvalue weighted by molar-refractivity contribution is -0.917. The smallest absolute Gasteiger partial charge is 0.289 e. The van der Waals surface area contributed by atoms with E-state index in [0.717, 1.165) is 11.0 Å². The number of nitro groups is 1.